The number of halogens is 2. The van der Waals surface area contributed by atoms with Gasteiger partial charge in [-0.15, -0.1) is 10.2 Å². The minimum absolute atomic E-state index is 0.0883. The minimum Gasteiger partial charge on any atom is -0.494 e. The van der Waals surface area contributed by atoms with E-state index < -0.39 is 5.82 Å². The van der Waals surface area contributed by atoms with E-state index in [1.54, 1.807) is 18.2 Å². The first-order valence-corrected chi connectivity index (χ1v) is 9.85. The second-order valence-corrected chi connectivity index (χ2v) is 7.65. The highest BCUT2D eigenvalue weighted by molar-refractivity contribution is 7.98. The summed E-state index contributed by atoms with van der Waals surface area (Å²) in [5.74, 6) is 0.825. The molecule has 0 spiro atoms. The molecule has 5 nitrogen and oxygen atoms in total. The topological polar surface area (TPSA) is 44.4 Å². The number of benzene rings is 2. The normalized spacial score (nSPS) is 12.4. The lowest BCUT2D eigenvalue weighted by molar-refractivity contribution is -0.890. The van der Waals surface area contributed by atoms with Crippen LogP contribution in [0.1, 0.15) is 24.4 Å². The summed E-state index contributed by atoms with van der Waals surface area (Å²) >= 11 is 1.45. The van der Waals surface area contributed by atoms with E-state index in [0.717, 1.165) is 17.1 Å². The number of nitrogens with zero attached hydrogens (tertiary/aromatic N) is 3. The molecule has 8 heteroatoms. The van der Waals surface area contributed by atoms with Gasteiger partial charge in [-0.1, -0.05) is 17.8 Å². The van der Waals surface area contributed by atoms with E-state index in [-0.39, 0.29) is 17.6 Å². The summed E-state index contributed by atoms with van der Waals surface area (Å²) in [4.78, 5) is 1.20. The van der Waals surface area contributed by atoms with Gasteiger partial charge >= 0.3 is 0 Å². The van der Waals surface area contributed by atoms with Crippen molar-refractivity contribution in [3.8, 4) is 11.4 Å². The van der Waals surface area contributed by atoms with Crippen molar-refractivity contribution in [3.63, 3.8) is 0 Å². The molecule has 0 saturated carbocycles. The highest BCUT2D eigenvalue weighted by atomic mass is 32.2. The average Bonchev–Trinajstić information content (AvgIpc) is 3.10. The van der Waals surface area contributed by atoms with Gasteiger partial charge in [0.25, 0.3) is 0 Å². The van der Waals surface area contributed by atoms with E-state index in [0.29, 0.717) is 10.9 Å². The van der Waals surface area contributed by atoms with Crippen molar-refractivity contribution in [1.29, 1.82) is 0 Å². The number of ether oxygens (including phenoxy) is 1. The Morgan fingerprint density at radius 1 is 1.11 bits per heavy atom. The van der Waals surface area contributed by atoms with Gasteiger partial charge in [-0.25, -0.2) is 8.78 Å². The molecule has 28 heavy (non-hydrogen) atoms. The molecular weight excluding hydrogens is 382 g/mol. The quantitative estimate of drug-likeness (QED) is 0.614. The molecule has 0 saturated heterocycles. The maximum absolute atomic E-state index is 14.0. The Morgan fingerprint density at radius 2 is 1.82 bits per heavy atom. The smallest absolute Gasteiger partial charge is 0.196 e. The zero-order valence-electron chi connectivity index (χ0n) is 16.2. The van der Waals surface area contributed by atoms with Crippen LogP contribution in [0.15, 0.2) is 47.6 Å². The molecular formula is C20H23F2N4OS+. The van der Waals surface area contributed by atoms with Crippen molar-refractivity contribution in [2.75, 3.05) is 21.2 Å². The van der Waals surface area contributed by atoms with Crippen molar-refractivity contribution in [1.82, 2.24) is 14.8 Å². The summed E-state index contributed by atoms with van der Waals surface area (Å²) in [7, 11) is 5.52. The lowest BCUT2D eigenvalue weighted by Crippen LogP contribution is -3.05. The number of rotatable bonds is 7. The molecule has 1 atom stereocenters. The molecule has 3 rings (SSSR count). The van der Waals surface area contributed by atoms with Crippen LogP contribution < -0.4 is 9.64 Å². The van der Waals surface area contributed by atoms with Gasteiger partial charge in [-0.2, -0.15) is 0 Å². The van der Waals surface area contributed by atoms with Crippen LogP contribution in [0.3, 0.4) is 0 Å². The second kappa shape index (κ2) is 8.70. The number of quaternary nitrogens is 1. The van der Waals surface area contributed by atoms with E-state index in [9.17, 15) is 8.78 Å². The third-order valence-electron chi connectivity index (χ3n) is 4.58. The first kappa shape index (κ1) is 20.3. The number of thioether (sulfide) groups is 1. The monoisotopic (exact) mass is 405 g/mol. The molecule has 2 aromatic carbocycles. The fourth-order valence-corrected chi connectivity index (χ4v) is 3.60. The maximum atomic E-state index is 14.0. The predicted molar refractivity (Wildman–Crippen MR) is 105 cm³/mol. The highest BCUT2D eigenvalue weighted by Gasteiger charge is 2.23. The molecule has 0 radical (unpaired) electrons. The summed E-state index contributed by atoms with van der Waals surface area (Å²) in [6.07, 6.45) is 0. The van der Waals surface area contributed by atoms with Crippen LogP contribution in [-0.4, -0.2) is 36.0 Å². The van der Waals surface area contributed by atoms with Crippen LogP contribution in [0, 0.1) is 11.6 Å². The molecule has 148 valence electrons. The first-order valence-electron chi connectivity index (χ1n) is 8.87. The van der Waals surface area contributed by atoms with Crippen LogP contribution in [0.2, 0.25) is 0 Å². The van der Waals surface area contributed by atoms with E-state index in [1.807, 2.05) is 24.7 Å². The van der Waals surface area contributed by atoms with E-state index in [2.05, 4.69) is 17.1 Å². The molecule has 1 aromatic heterocycles. The van der Waals surface area contributed by atoms with Crippen molar-refractivity contribution < 1.29 is 18.4 Å². The van der Waals surface area contributed by atoms with Gasteiger partial charge in [0.15, 0.2) is 22.5 Å². The number of aromatic nitrogens is 3. The van der Waals surface area contributed by atoms with Crippen molar-refractivity contribution in [3.05, 3.63) is 65.5 Å². The molecule has 0 aliphatic carbocycles. The predicted octanol–water partition coefficient (Wildman–Crippen LogP) is 3.05. The van der Waals surface area contributed by atoms with E-state index in [1.165, 1.54) is 42.0 Å². The SMILES string of the molecule is COc1ccc(CSc2nnc([C@H](C)[NH+](C)C)n2-c2ccc(F)cc2)cc1F. The van der Waals surface area contributed by atoms with Crippen LogP contribution in [0.5, 0.6) is 5.75 Å². The van der Waals surface area contributed by atoms with Crippen LogP contribution in [0.25, 0.3) is 5.69 Å². The number of hydrogen-bond acceptors (Lipinski definition) is 4. The van der Waals surface area contributed by atoms with E-state index >= 15 is 0 Å². The molecule has 0 aliphatic heterocycles. The van der Waals surface area contributed by atoms with E-state index in [4.69, 9.17) is 4.74 Å². The van der Waals surface area contributed by atoms with Gasteiger partial charge in [-0.05, 0) is 48.9 Å². The molecule has 0 unspecified atom stereocenters. The van der Waals surface area contributed by atoms with Crippen LogP contribution in [0.4, 0.5) is 8.78 Å². The Bertz CT molecular complexity index is 944. The average molecular weight is 405 g/mol. The number of hydrogen-bond donors (Lipinski definition) is 1. The van der Waals surface area contributed by atoms with Crippen molar-refractivity contribution in [2.45, 2.75) is 23.9 Å². The Labute approximate surface area is 167 Å². The van der Waals surface area contributed by atoms with Crippen LogP contribution in [-0.2, 0) is 5.75 Å². The summed E-state index contributed by atoms with van der Waals surface area (Å²) in [5, 5.41) is 9.39. The lowest BCUT2D eigenvalue weighted by atomic mass is 10.2. The second-order valence-electron chi connectivity index (χ2n) is 6.71. The third kappa shape index (κ3) is 4.34. The summed E-state index contributed by atoms with van der Waals surface area (Å²) in [6, 6.07) is 11.2. The Kier molecular flexibility index (Phi) is 6.31. The van der Waals surface area contributed by atoms with Crippen molar-refractivity contribution in [2.24, 2.45) is 0 Å². The fraction of sp³-hybridized carbons (Fsp3) is 0.300. The van der Waals surface area contributed by atoms with Gasteiger partial charge in [-0.3, -0.25) is 4.57 Å². The van der Waals surface area contributed by atoms with Gasteiger partial charge in [0, 0.05) is 11.4 Å². The third-order valence-corrected chi connectivity index (χ3v) is 5.58. The molecule has 3 aromatic rings. The molecule has 0 bridgehead atoms. The summed E-state index contributed by atoms with van der Waals surface area (Å²) in [6.45, 7) is 2.06. The first-order chi connectivity index (χ1) is 13.4. The zero-order chi connectivity index (χ0) is 20.3. The molecule has 1 heterocycles. The molecule has 1 N–H and O–H groups in total. The Morgan fingerprint density at radius 3 is 2.43 bits per heavy atom. The lowest BCUT2D eigenvalue weighted by Gasteiger charge is -2.18. The van der Waals surface area contributed by atoms with Gasteiger partial charge in [0.2, 0.25) is 0 Å². The minimum atomic E-state index is -0.397. The zero-order valence-corrected chi connectivity index (χ0v) is 17.1. The standard InChI is InChI=1S/C20H22F2N4OS/c1-13(25(2)3)19-23-24-20(26(19)16-8-6-15(21)7-9-16)28-12-14-5-10-18(27-4)17(22)11-14/h5-11,13H,12H2,1-4H3/p+1/t13-/m0/s1. The number of nitrogens with one attached hydrogen (secondary N) is 1. The summed E-state index contributed by atoms with van der Waals surface area (Å²) in [5.41, 5.74) is 1.60. The summed E-state index contributed by atoms with van der Waals surface area (Å²) < 4.78 is 34.2. The van der Waals surface area contributed by atoms with Crippen LogP contribution >= 0.6 is 11.8 Å². The highest BCUT2D eigenvalue weighted by Crippen LogP contribution is 2.28. The fourth-order valence-electron chi connectivity index (χ4n) is 2.69. The van der Waals surface area contributed by atoms with Gasteiger partial charge < -0.3 is 9.64 Å². The van der Waals surface area contributed by atoms with Gasteiger partial charge in [0.05, 0.1) is 21.2 Å². The number of methoxy groups -OCH3 is 1. The van der Waals surface area contributed by atoms with Crippen molar-refractivity contribution >= 4 is 11.8 Å². The van der Waals surface area contributed by atoms with Gasteiger partial charge in [0.1, 0.15) is 11.9 Å². The molecule has 0 aliphatic rings. The molecule has 0 fully saturated rings. The molecule has 0 amide bonds. The maximum Gasteiger partial charge on any atom is 0.196 e. The Hall–Kier alpha value is -2.45. The Balaban J connectivity index is 1.92. The largest absolute Gasteiger partial charge is 0.494 e.